The Morgan fingerprint density at radius 2 is 2.04 bits per heavy atom. The Morgan fingerprint density at radius 1 is 1.22 bits per heavy atom. The van der Waals surface area contributed by atoms with Gasteiger partial charge >= 0.3 is 0 Å². The van der Waals surface area contributed by atoms with Crippen LogP contribution in [0.15, 0.2) is 34.2 Å². The second kappa shape index (κ2) is 8.67. The molecule has 0 saturated carbocycles. The Balaban J connectivity index is 1.93. The van der Waals surface area contributed by atoms with Crippen LogP contribution in [0.25, 0.3) is 11.2 Å². The average Bonchev–Trinajstić information content (AvgIpc) is 2.67. The van der Waals surface area contributed by atoms with Gasteiger partial charge in [0.2, 0.25) is 5.28 Å². The lowest BCUT2D eigenvalue weighted by Gasteiger charge is -2.17. The predicted octanol–water partition coefficient (Wildman–Crippen LogP) is 3.93. The summed E-state index contributed by atoms with van der Waals surface area (Å²) in [6, 6.07) is 3.93. The van der Waals surface area contributed by atoms with E-state index in [0.717, 1.165) is 22.8 Å². The molecule has 0 bridgehead atoms. The molecule has 0 radical (unpaired) electrons. The molecule has 3 aromatic rings. The zero-order valence-corrected chi connectivity index (χ0v) is 17.0. The molecule has 0 aliphatic heterocycles. The van der Waals surface area contributed by atoms with E-state index in [9.17, 15) is 4.79 Å². The first kappa shape index (κ1) is 19.6. The van der Waals surface area contributed by atoms with E-state index in [0.29, 0.717) is 17.7 Å². The van der Waals surface area contributed by atoms with Crippen molar-refractivity contribution < 1.29 is 0 Å². The van der Waals surface area contributed by atoms with E-state index < -0.39 is 0 Å². The minimum atomic E-state index is -0.232. The molecule has 0 aliphatic rings. The lowest BCUT2D eigenvalue weighted by Crippen LogP contribution is -2.28. The fourth-order valence-electron chi connectivity index (χ4n) is 2.63. The van der Waals surface area contributed by atoms with Crippen molar-refractivity contribution in [2.75, 3.05) is 11.1 Å². The van der Waals surface area contributed by atoms with Crippen LogP contribution in [0.1, 0.15) is 38.9 Å². The first-order chi connectivity index (χ1) is 13.0. The van der Waals surface area contributed by atoms with Gasteiger partial charge in [-0.25, -0.2) is 9.97 Å². The van der Waals surface area contributed by atoms with Gasteiger partial charge in [0.05, 0.1) is 18.4 Å². The van der Waals surface area contributed by atoms with Crippen molar-refractivity contribution in [2.45, 2.75) is 44.7 Å². The SMILES string of the molecule is CCSc1ccc(CNc2nc3cnc(Cl)nc3n([C@@H](C)CC)c2=O)nc1. The molecule has 27 heavy (non-hydrogen) atoms. The number of nitrogens with one attached hydrogen (secondary N) is 1. The smallest absolute Gasteiger partial charge is 0.295 e. The second-order valence-electron chi connectivity index (χ2n) is 6.01. The van der Waals surface area contributed by atoms with Crippen LogP contribution in [0.3, 0.4) is 0 Å². The van der Waals surface area contributed by atoms with Crippen LogP contribution in [0, 0.1) is 0 Å². The first-order valence-corrected chi connectivity index (χ1v) is 10.2. The van der Waals surface area contributed by atoms with Crippen molar-refractivity contribution in [3.63, 3.8) is 0 Å². The van der Waals surface area contributed by atoms with Crippen molar-refractivity contribution in [1.82, 2.24) is 24.5 Å². The average molecular weight is 405 g/mol. The summed E-state index contributed by atoms with van der Waals surface area (Å²) in [5.41, 5.74) is 1.56. The van der Waals surface area contributed by atoms with Crippen LogP contribution >= 0.6 is 23.4 Å². The van der Waals surface area contributed by atoms with Gasteiger partial charge in [-0.1, -0.05) is 13.8 Å². The summed E-state index contributed by atoms with van der Waals surface area (Å²) < 4.78 is 1.62. The Bertz CT molecular complexity index is 992. The minimum absolute atomic E-state index is 0.0435. The lowest BCUT2D eigenvalue weighted by atomic mass is 10.2. The van der Waals surface area contributed by atoms with Gasteiger partial charge in [0, 0.05) is 17.1 Å². The van der Waals surface area contributed by atoms with Crippen LogP contribution in [0.4, 0.5) is 5.82 Å². The molecule has 0 fully saturated rings. The van der Waals surface area contributed by atoms with E-state index in [1.54, 1.807) is 16.3 Å². The number of anilines is 1. The summed E-state index contributed by atoms with van der Waals surface area (Å²) in [7, 11) is 0. The Kier molecular flexibility index (Phi) is 6.28. The number of aromatic nitrogens is 5. The van der Waals surface area contributed by atoms with Crippen molar-refractivity contribution in [3.8, 4) is 0 Å². The Morgan fingerprint density at radius 3 is 2.70 bits per heavy atom. The number of halogens is 1. The van der Waals surface area contributed by atoms with Gasteiger partial charge in [0.15, 0.2) is 11.5 Å². The van der Waals surface area contributed by atoms with E-state index >= 15 is 0 Å². The van der Waals surface area contributed by atoms with E-state index in [4.69, 9.17) is 11.6 Å². The molecule has 0 aliphatic carbocycles. The molecule has 0 spiro atoms. The van der Waals surface area contributed by atoms with Crippen molar-refractivity contribution >= 4 is 40.3 Å². The van der Waals surface area contributed by atoms with Crippen molar-refractivity contribution in [1.29, 1.82) is 0 Å². The molecular formula is C18H21ClN6OS. The largest absolute Gasteiger partial charge is 0.360 e. The summed E-state index contributed by atoms with van der Waals surface area (Å²) in [4.78, 5) is 31.1. The normalized spacial score (nSPS) is 12.3. The van der Waals surface area contributed by atoms with E-state index in [-0.39, 0.29) is 22.7 Å². The number of rotatable bonds is 7. The summed E-state index contributed by atoms with van der Waals surface area (Å²) in [5, 5.41) is 3.20. The van der Waals surface area contributed by atoms with Gasteiger partial charge in [-0.05, 0) is 42.8 Å². The fraction of sp³-hybridized carbons (Fsp3) is 0.389. The number of pyridine rings is 1. The third kappa shape index (κ3) is 4.39. The molecule has 9 heteroatoms. The van der Waals surface area contributed by atoms with Gasteiger partial charge in [-0.2, -0.15) is 4.98 Å². The van der Waals surface area contributed by atoms with Crippen LogP contribution in [-0.4, -0.2) is 30.3 Å². The third-order valence-electron chi connectivity index (χ3n) is 4.18. The van der Waals surface area contributed by atoms with E-state index in [2.05, 4.69) is 32.2 Å². The highest BCUT2D eigenvalue weighted by molar-refractivity contribution is 7.99. The monoisotopic (exact) mass is 404 g/mol. The number of thioether (sulfide) groups is 1. The maximum atomic E-state index is 13.0. The highest BCUT2D eigenvalue weighted by Crippen LogP contribution is 2.19. The molecule has 0 amide bonds. The topological polar surface area (TPSA) is 85.6 Å². The molecule has 142 valence electrons. The summed E-state index contributed by atoms with van der Waals surface area (Å²) in [6.07, 6.45) is 4.15. The highest BCUT2D eigenvalue weighted by atomic mass is 35.5. The number of fused-ring (bicyclic) bond motifs is 1. The van der Waals surface area contributed by atoms with E-state index in [1.807, 2.05) is 32.2 Å². The van der Waals surface area contributed by atoms with Gasteiger partial charge in [0.1, 0.15) is 5.52 Å². The summed E-state index contributed by atoms with van der Waals surface area (Å²) >= 11 is 7.65. The molecule has 7 nitrogen and oxygen atoms in total. The molecule has 1 N–H and O–H groups in total. The van der Waals surface area contributed by atoms with Gasteiger partial charge < -0.3 is 5.32 Å². The molecule has 0 unspecified atom stereocenters. The maximum Gasteiger partial charge on any atom is 0.295 e. The number of hydrogen-bond acceptors (Lipinski definition) is 7. The maximum absolute atomic E-state index is 13.0. The van der Waals surface area contributed by atoms with Crippen LogP contribution in [0.5, 0.6) is 0 Å². The van der Waals surface area contributed by atoms with Crippen molar-refractivity contribution in [2.24, 2.45) is 0 Å². The first-order valence-electron chi connectivity index (χ1n) is 8.79. The van der Waals surface area contributed by atoms with Crippen LogP contribution in [-0.2, 0) is 6.54 Å². The second-order valence-corrected chi connectivity index (χ2v) is 7.69. The fourth-order valence-corrected chi connectivity index (χ4v) is 3.38. The van der Waals surface area contributed by atoms with Crippen LogP contribution < -0.4 is 10.9 Å². The Labute approximate surface area is 166 Å². The number of nitrogens with zero attached hydrogens (tertiary/aromatic N) is 5. The summed E-state index contributed by atoms with van der Waals surface area (Å²) in [6.45, 7) is 6.48. The predicted molar refractivity (Wildman–Crippen MR) is 110 cm³/mol. The molecule has 3 heterocycles. The van der Waals surface area contributed by atoms with Gasteiger partial charge in [-0.3, -0.25) is 14.3 Å². The molecule has 3 rings (SSSR count). The van der Waals surface area contributed by atoms with Gasteiger partial charge in [0.25, 0.3) is 5.56 Å². The van der Waals surface area contributed by atoms with Crippen molar-refractivity contribution in [3.05, 3.63) is 45.9 Å². The standard InChI is InChI=1S/C18H21ClN6OS/c1-4-11(3)25-16-14(10-22-18(19)24-16)23-15(17(25)26)21-8-12-6-7-13(9-20-12)27-5-2/h6-7,9-11H,4-5,8H2,1-3H3,(H,21,23)/t11-/m0/s1. The lowest BCUT2D eigenvalue weighted by molar-refractivity contribution is 0.526. The quantitative estimate of drug-likeness (QED) is 0.471. The zero-order valence-electron chi connectivity index (χ0n) is 15.4. The Hall–Kier alpha value is -2.19. The van der Waals surface area contributed by atoms with Gasteiger partial charge in [-0.15, -0.1) is 11.8 Å². The molecule has 1 atom stereocenters. The molecule has 0 saturated heterocycles. The highest BCUT2D eigenvalue weighted by Gasteiger charge is 2.16. The summed E-state index contributed by atoms with van der Waals surface area (Å²) in [5.74, 6) is 1.25. The molecule has 3 aromatic heterocycles. The van der Waals surface area contributed by atoms with E-state index in [1.165, 1.54) is 6.20 Å². The molecule has 0 aromatic carbocycles. The minimum Gasteiger partial charge on any atom is -0.360 e. The molecular weight excluding hydrogens is 384 g/mol. The van der Waals surface area contributed by atoms with Crippen LogP contribution in [0.2, 0.25) is 5.28 Å². The number of hydrogen-bond donors (Lipinski definition) is 1. The zero-order chi connectivity index (χ0) is 19.4. The third-order valence-corrected chi connectivity index (χ3v) is 5.23.